The van der Waals surface area contributed by atoms with E-state index >= 15 is 0 Å². The molecule has 0 amide bonds. The molecule has 1 aromatic heterocycles. The predicted molar refractivity (Wildman–Crippen MR) is 88.9 cm³/mol. The van der Waals surface area contributed by atoms with Crippen molar-refractivity contribution in [2.75, 3.05) is 0 Å². The van der Waals surface area contributed by atoms with Gasteiger partial charge in [0.05, 0.1) is 10.9 Å². The normalized spacial score (nSPS) is 11.8. The molecule has 0 saturated heterocycles. The second kappa shape index (κ2) is 5.95. The lowest BCUT2D eigenvalue weighted by Crippen LogP contribution is -2.11. The fourth-order valence-electron chi connectivity index (χ4n) is 2.17. The van der Waals surface area contributed by atoms with Crippen LogP contribution in [0.2, 0.25) is 5.02 Å². The maximum atomic E-state index is 12.1. The fraction of sp³-hybridized carbons (Fsp3) is 0. The molecule has 0 aliphatic rings. The second-order valence-corrected chi connectivity index (χ2v) is 5.21. The number of rotatable bonds is 2. The average Bonchev–Trinajstić information content (AvgIpc) is 2.56. The number of para-hydroxylation sites is 1. The lowest BCUT2D eigenvalue weighted by molar-refractivity contribution is 0.514. The zero-order valence-electron chi connectivity index (χ0n) is 11.7. The minimum Gasteiger partial charge on any atom is -0.506 e. The molecule has 112 valence electrons. The van der Waals surface area contributed by atoms with Crippen LogP contribution in [0, 0.1) is 11.3 Å². The molecule has 3 rings (SSSR count). The summed E-state index contributed by atoms with van der Waals surface area (Å²) in [6.45, 7) is 0. The lowest BCUT2D eigenvalue weighted by atomic mass is 10.1. The van der Waals surface area contributed by atoms with Crippen molar-refractivity contribution < 1.29 is 5.11 Å². The van der Waals surface area contributed by atoms with Crippen LogP contribution in [-0.2, 0) is 0 Å². The summed E-state index contributed by atoms with van der Waals surface area (Å²) >= 11 is 5.81. The Morgan fingerprint density at radius 3 is 2.57 bits per heavy atom. The molecule has 0 radical (unpaired) electrons. The number of aliphatic hydroxyl groups excluding tert-OH is 1. The van der Waals surface area contributed by atoms with Crippen molar-refractivity contribution in [3.05, 3.63) is 75.3 Å². The maximum Gasteiger partial charge on any atom is 0.259 e. The third kappa shape index (κ3) is 2.80. The van der Waals surface area contributed by atoms with Gasteiger partial charge in [-0.25, -0.2) is 4.98 Å². The quantitative estimate of drug-likeness (QED) is 0.557. The molecule has 0 spiro atoms. The van der Waals surface area contributed by atoms with Crippen LogP contribution < -0.4 is 5.56 Å². The predicted octanol–water partition coefficient (Wildman–Crippen LogP) is 3.53. The van der Waals surface area contributed by atoms with Gasteiger partial charge >= 0.3 is 0 Å². The van der Waals surface area contributed by atoms with E-state index in [9.17, 15) is 15.2 Å². The number of nitriles is 1. The molecule has 6 heteroatoms. The molecule has 1 heterocycles. The SMILES string of the molecule is N#C/C(=C(\O)c1ccc(Cl)cc1)c1nc2ccccc2c(=O)[nH]1. The van der Waals surface area contributed by atoms with Gasteiger partial charge < -0.3 is 10.1 Å². The molecule has 23 heavy (non-hydrogen) atoms. The monoisotopic (exact) mass is 323 g/mol. The van der Waals surface area contributed by atoms with Crippen LogP contribution in [0.25, 0.3) is 22.2 Å². The molecule has 5 nitrogen and oxygen atoms in total. The van der Waals surface area contributed by atoms with E-state index in [1.54, 1.807) is 48.5 Å². The minimum absolute atomic E-state index is 0.0173. The third-order valence-electron chi connectivity index (χ3n) is 3.32. The third-order valence-corrected chi connectivity index (χ3v) is 3.57. The second-order valence-electron chi connectivity index (χ2n) is 4.77. The Morgan fingerprint density at radius 2 is 1.87 bits per heavy atom. The van der Waals surface area contributed by atoms with Crippen LogP contribution in [-0.4, -0.2) is 15.1 Å². The summed E-state index contributed by atoms with van der Waals surface area (Å²) in [4.78, 5) is 18.9. The number of benzene rings is 2. The van der Waals surface area contributed by atoms with Crippen molar-refractivity contribution in [3.8, 4) is 6.07 Å². The smallest absolute Gasteiger partial charge is 0.259 e. The first-order valence-corrected chi connectivity index (χ1v) is 7.06. The van der Waals surface area contributed by atoms with Crippen molar-refractivity contribution in [2.45, 2.75) is 0 Å². The molecule has 0 atom stereocenters. The van der Waals surface area contributed by atoms with E-state index in [1.165, 1.54) is 0 Å². The highest BCUT2D eigenvalue weighted by Gasteiger charge is 2.14. The van der Waals surface area contributed by atoms with Crippen molar-refractivity contribution in [1.82, 2.24) is 9.97 Å². The number of H-pyrrole nitrogens is 1. The minimum atomic E-state index is -0.373. The van der Waals surface area contributed by atoms with Gasteiger partial charge in [0, 0.05) is 10.6 Å². The summed E-state index contributed by atoms with van der Waals surface area (Å²) < 4.78 is 0. The van der Waals surface area contributed by atoms with Gasteiger partial charge in [-0.05, 0) is 36.4 Å². The first kappa shape index (κ1) is 14.8. The van der Waals surface area contributed by atoms with E-state index in [1.807, 2.05) is 6.07 Å². The molecule has 2 N–H and O–H groups in total. The number of nitrogens with one attached hydrogen (secondary N) is 1. The molecule has 0 fully saturated rings. The Labute approximate surface area is 136 Å². The van der Waals surface area contributed by atoms with E-state index < -0.39 is 0 Å². The van der Waals surface area contributed by atoms with Gasteiger partial charge in [-0.2, -0.15) is 5.26 Å². The van der Waals surface area contributed by atoms with Crippen molar-refractivity contribution in [1.29, 1.82) is 5.26 Å². The number of halogens is 1. The maximum absolute atomic E-state index is 12.1. The largest absolute Gasteiger partial charge is 0.506 e. The molecular formula is C17H10ClN3O2. The Morgan fingerprint density at radius 1 is 1.17 bits per heavy atom. The van der Waals surface area contributed by atoms with Gasteiger partial charge in [-0.1, -0.05) is 23.7 Å². The van der Waals surface area contributed by atoms with Gasteiger partial charge in [0.2, 0.25) is 0 Å². The van der Waals surface area contributed by atoms with Crippen LogP contribution in [0.1, 0.15) is 11.4 Å². The van der Waals surface area contributed by atoms with E-state index in [0.717, 1.165) is 0 Å². The van der Waals surface area contributed by atoms with Crippen LogP contribution in [0.4, 0.5) is 0 Å². The summed E-state index contributed by atoms with van der Waals surface area (Å²) in [6, 6.07) is 15.0. The molecule has 0 bridgehead atoms. The van der Waals surface area contributed by atoms with Gasteiger partial charge in [0.15, 0.2) is 5.82 Å². The van der Waals surface area contributed by atoms with E-state index in [0.29, 0.717) is 21.5 Å². The van der Waals surface area contributed by atoms with Crippen LogP contribution in [0.5, 0.6) is 0 Å². The number of aromatic amines is 1. The number of allylic oxidation sites excluding steroid dienone is 1. The first-order chi connectivity index (χ1) is 11.1. The molecule has 3 aromatic rings. The number of aromatic nitrogens is 2. The van der Waals surface area contributed by atoms with E-state index in [2.05, 4.69) is 9.97 Å². The van der Waals surface area contributed by atoms with E-state index in [4.69, 9.17) is 11.6 Å². The Balaban J connectivity index is 2.22. The molecular weight excluding hydrogens is 314 g/mol. The van der Waals surface area contributed by atoms with Crippen molar-refractivity contribution >= 4 is 33.8 Å². The summed E-state index contributed by atoms with van der Waals surface area (Å²) in [7, 11) is 0. The fourth-order valence-corrected chi connectivity index (χ4v) is 2.30. The zero-order valence-corrected chi connectivity index (χ0v) is 12.5. The molecule has 0 saturated carbocycles. The zero-order chi connectivity index (χ0) is 16.4. The number of aliphatic hydroxyl groups is 1. The van der Waals surface area contributed by atoms with Gasteiger partial charge in [0.25, 0.3) is 5.56 Å². The molecule has 0 unspecified atom stereocenters. The summed E-state index contributed by atoms with van der Waals surface area (Å²) in [5, 5.41) is 20.6. The molecule has 0 aliphatic heterocycles. The number of nitrogens with zero attached hydrogens (tertiary/aromatic N) is 2. The number of hydrogen-bond acceptors (Lipinski definition) is 4. The standard InChI is InChI=1S/C17H10ClN3O2/c18-11-7-5-10(6-8-11)15(22)13(9-19)16-20-14-4-2-1-3-12(14)17(23)21-16/h1-8,22H,(H,20,21,23)/b15-13+. The Bertz CT molecular complexity index is 1010. The van der Waals surface area contributed by atoms with Crippen LogP contribution >= 0.6 is 11.6 Å². The van der Waals surface area contributed by atoms with Gasteiger partial charge in [-0.3, -0.25) is 4.79 Å². The topological polar surface area (TPSA) is 89.8 Å². The van der Waals surface area contributed by atoms with Crippen LogP contribution in [0.3, 0.4) is 0 Å². The summed E-state index contributed by atoms with van der Waals surface area (Å²) in [5.41, 5.74) is 0.363. The molecule has 2 aromatic carbocycles. The average molecular weight is 324 g/mol. The van der Waals surface area contributed by atoms with Crippen molar-refractivity contribution in [3.63, 3.8) is 0 Å². The number of hydrogen-bond donors (Lipinski definition) is 2. The highest BCUT2D eigenvalue weighted by molar-refractivity contribution is 6.30. The summed E-state index contributed by atoms with van der Waals surface area (Å²) in [5.74, 6) is -0.258. The lowest BCUT2D eigenvalue weighted by Gasteiger charge is -2.05. The molecule has 0 aliphatic carbocycles. The highest BCUT2D eigenvalue weighted by atomic mass is 35.5. The van der Waals surface area contributed by atoms with Gasteiger partial charge in [0.1, 0.15) is 17.4 Å². The van der Waals surface area contributed by atoms with Crippen molar-refractivity contribution in [2.24, 2.45) is 0 Å². The Hall–Kier alpha value is -3.10. The van der Waals surface area contributed by atoms with E-state index in [-0.39, 0.29) is 22.7 Å². The Kier molecular flexibility index (Phi) is 3.83. The summed E-state index contributed by atoms with van der Waals surface area (Å²) in [6.07, 6.45) is 0. The first-order valence-electron chi connectivity index (χ1n) is 6.69. The van der Waals surface area contributed by atoms with Gasteiger partial charge in [-0.15, -0.1) is 0 Å². The number of fused-ring (bicyclic) bond motifs is 1. The van der Waals surface area contributed by atoms with Crippen LogP contribution in [0.15, 0.2) is 53.3 Å². The highest BCUT2D eigenvalue weighted by Crippen LogP contribution is 2.23.